The Kier molecular flexibility index (Phi) is 4.66. The van der Waals surface area contributed by atoms with E-state index in [0.717, 1.165) is 5.56 Å². The second-order valence-corrected chi connectivity index (χ2v) is 5.12. The molecule has 3 aromatic rings. The van der Waals surface area contributed by atoms with Crippen molar-refractivity contribution in [2.45, 2.75) is 0 Å². The lowest BCUT2D eigenvalue weighted by molar-refractivity contribution is 0.355. The van der Waals surface area contributed by atoms with E-state index in [0.29, 0.717) is 27.8 Å². The molecule has 2 heterocycles. The first-order valence-corrected chi connectivity index (χ1v) is 7.49. The number of methoxy groups -OCH3 is 2. The number of pyridine rings is 1. The minimum atomic E-state index is 0.382. The standard InChI is InChI=1S/C16H15N5O2S/c1-22-13-7-6-11(9-14(13)23-2)10-18-21-15(19-20-16(21)24)12-5-3-4-8-17-12/h3-10H,1-2H3,(H,20,24). The first-order chi connectivity index (χ1) is 11.7. The van der Waals surface area contributed by atoms with Gasteiger partial charge in [-0.15, -0.1) is 0 Å². The number of ether oxygens (including phenoxy) is 2. The van der Waals surface area contributed by atoms with Gasteiger partial charge in [-0.05, 0) is 48.1 Å². The van der Waals surface area contributed by atoms with E-state index in [-0.39, 0.29) is 0 Å². The van der Waals surface area contributed by atoms with Crippen molar-refractivity contribution < 1.29 is 9.47 Å². The molecule has 0 aliphatic rings. The Morgan fingerprint density at radius 1 is 1.17 bits per heavy atom. The fourth-order valence-corrected chi connectivity index (χ4v) is 2.30. The zero-order valence-electron chi connectivity index (χ0n) is 13.1. The lowest BCUT2D eigenvalue weighted by Gasteiger charge is -2.07. The van der Waals surface area contributed by atoms with Gasteiger partial charge in [-0.3, -0.25) is 4.98 Å². The maximum absolute atomic E-state index is 5.29. The summed E-state index contributed by atoms with van der Waals surface area (Å²) in [5.41, 5.74) is 1.51. The lowest BCUT2D eigenvalue weighted by Crippen LogP contribution is -1.97. The van der Waals surface area contributed by atoms with Crippen LogP contribution in [0.4, 0.5) is 0 Å². The van der Waals surface area contributed by atoms with Crippen LogP contribution in [0.3, 0.4) is 0 Å². The first-order valence-electron chi connectivity index (χ1n) is 7.08. The van der Waals surface area contributed by atoms with E-state index in [1.165, 1.54) is 4.68 Å². The Hall–Kier alpha value is -3.00. The van der Waals surface area contributed by atoms with Crippen LogP contribution in [0.2, 0.25) is 0 Å². The van der Waals surface area contributed by atoms with E-state index in [4.69, 9.17) is 21.7 Å². The van der Waals surface area contributed by atoms with Gasteiger partial charge in [0.15, 0.2) is 11.5 Å². The van der Waals surface area contributed by atoms with E-state index >= 15 is 0 Å². The molecule has 0 amide bonds. The predicted molar refractivity (Wildman–Crippen MR) is 93.2 cm³/mol. The molecule has 0 saturated heterocycles. The van der Waals surface area contributed by atoms with Crippen LogP contribution in [0.1, 0.15) is 5.56 Å². The van der Waals surface area contributed by atoms with Crippen LogP contribution in [-0.4, -0.2) is 40.3 Å². The number of hydrogen-bond acceptors (Lipinski definition) is 6. The summed E-state index contributed by atoms with van der Waals surface area (Å²) in [6.07, 6.45) is 3.36. The number of rotatable bonds is 5. The summed E-state index contributed by atoms with van der Waals surface area (Å²) < 4.78 is 12.4. The predicted octanol–water partition coefficient (Wildman–Crippen LogP) is 2.90. The van der Waals surface area contributed by atoms with Crippen molar-refractivity contribution in [3.63, 3.8) is 0 Å². The molecule has 2 aromatic heterocycles. The Labute approximate surface area is 143 Å². The highest BCUT2D eigenvalue weighted by Gasteiger charge is 2.09. The van der Waals surface area contributed by atoms with Crippen LogP contribution in [0.25, 0.3) is 11.5 Å². The molecule has 1 aromatic carbocycles. The van der Waals surface area contributed by atoms with Crippen molar-refractivity contribution in [3.8, 4) is 23.0 Å². The van der Waals surface area contributed by atoms with Crippen molar-refractivity contribution in [3.05, 3.63) is 52.9 Å². The largest absolute Gasteiger partial charge is 0.493 e. The summed E-state index contributed by atoms with van der Waals surface area (Å²) in [6.45, 7) is 0. The Balaban J connectivity index is 1.96. The number of hydrogen-bond donors (Lipinski definition) is 1. The maximum atomic E-state index is 5.29. The molecule has 0 aliphatic heterocycles. The molecular formula is C16H15N5O2S. The van der Waals surface area contributed by atoms with E-state index in [1.54, 1.807) is 26.6 Å². The van der Waals surface area contributed by atoms with Gasteiger partial charge in [0.25, 0.3) is 0 Å². The smallest absolute Gasteiger partial charge is 0.216 e. The lowest BCUT2D eigenvalue weighted by atomic mass is 10.2. The quantitative estimate of drug-likeness (QED) is 0.570. The van der Waals surface area contributed by atoms with Gasteiger partial charge < -0.3 is 9.47 Å². The minimum Gasteiger partial charge on any atom is -0.493 e. The van der Waals surface area contributed by atoms with Gasteiger partial charge in [-0.25, -0.2) is 5.10 Å². The average molecular weight is 341 g/mol. The van der Waals surface area contributed by atoms with Gasteiger partial charge in [0.05, 0.1) is 20.4 Å². The molecule has 0 bridgehead atoms. The summed E-state index contributed by atoms with van der Waals surface area (Å²) in [6, 6.07) is 11.1. The number of benzene rings is 1. The van der Waals surface area contributed by atoms with Crippen molar-refractivity contribution in [2.24, 2.45) is 5.10 Å². The number of nitrogens with one attached hydrogen (secondary N) is 1. The molecule has 0 atom stereocenters. The highest BCUT2D eigenvalue weighted by atomic mass is 32.1. The van der Waals surface area contributed by atoms with Crippen molar-refractivity contribution in [1.82, 2.24) is 19.9 Å². The first kappa shape index (κ1) is 15.9. The molecular weight excluding hydrogens is 326 g/mol. The zero-order valence-corrected chi connectivity index (χ0v) is 13.9. The molecule has 122 valence electrons. The Morgan fingerprint density at radius 2 is 2.00 bits per heavy atom. The van der Waals surface area contributed by atoms with E-state index in [9.17, 15) is 0 Å². The minimum absolute atomic E-state index is 0.382. The second kappa shape index (κ2) is 7.05. The topological polar surface area (TPSA) is 77.3 Å². The third-order valence-corrected chi connectivity index (χ3v) is 3.54. The van der Waals surface area contributed by atoms with Crippen LogP contribution in [0.15, 0.2) is 47.7 Å². The zero-order chi connectivity index (χ0) is 16.9. The van der Waals surface area contributed by atoms with Crippen LogP contribution in [-0.2, 0) is 0 Å². The van der Waals surface area contributed by atoms with Gasteiger partial charge in [0.2, 0.25) is 10.6 Å². The molecule has 0 spiro atoms. The van der Waals surface area contributed by atoms with Gasteiger partial charge in [-0.1, -0.05) is 6.07 Å². The normalized spacial score (nSPS) is 10.9. The highest BCUT2D eigenvalue weighted by Crippen LogP contribution is 2.27. The Bertz CT molecular complexity index is 918. The number of H-pyrrole nitrogens is 1. The third-order valence-electron chi connectivity index (χ3n) is 3.27. The third kappa shape index (κ3) is 3.18. The maximum Gasteiger partial charge on any atom is 0.216 e. The summed E-state index contributed by atoms with van der Waals surface area (Å²) in [5.74, 6) is 1.82. The molecule has 24 heavy (non-hydrogen) atoms. The molecule has 0 unspecified atom stereocenters. The number of nitrogens with zero attached hydrogens (tertiary/aromatic N) is 4. The molecule has 0 radical (unpaired) electrons. The van der Waals surface area contributed by atoms with E-state index < -0.39 is 0 Å². The van der Waals surface area contributed by atoms with Crippen molar-refractivity contribution in [1.29, 1.82) is 0 Å². The van der Waals surface area contributed by atoms with Gasteiger partial charge >= 0.3 is 0 Å². The van der Waals surface area contributed by atoms with Crippen LogP contribution in [0.5, 0.6) is 11.5 Å². The van der Waals surface area contributed by atoms with E-state index in [2.05, 4.69) is 20.3 Å². The van der Waals surface area contributed by atoms with Crippen LogP contribution < -0.4 is 9.47 Å². The van der Waals surface area contributed by atoms with Gasteiger partial charge in [0.1, 0.15) is 5.69 Å². The Morgan fingerprint density at radius 3 is 2.71 bits per heavy atom. The highest BCUT2D eigenvalue weighted by molar-refractivity contribution is 7.71. The monoisotopic (exact) mass is 341 g/mol. The summed E-state index contributed by atoms with van der Waals surface area (Å²) in [5, 5.41) is 11.3. The molecule has 8 heteroatoms. The number of aromatic nitrogens is 4. The van der Waals surface area contributed by atoms with Crippen molar-refractivity contribution >= 4 is 18.4 Å². The fraction of sp³-hybridized carbons (Fsp3) is 0.125. The summed E-state index contributed by atoms with van der Waals surface area (Å²) in [7, 11) is 3.18. The van der Waals surface area contributed by atoms with Gasteiger partial charge in [-0.2, -0.15) is 14.9 Å². The molecule has 0 saturated carbocycles. The molecule has 0 aliphatic carbocycles. The van der Waals surface area contributed by atoms with E-state index in [1.807, 2.05) is 36.4 Å². The SMILES string of the molecule is COc1ccc(C=Nn2c(-c3ccccn3)n[nH]c2=S)cc1OC. The average Bonchev–Trinajstić information content (AvgIpc) is 3.01. The molecule has 7 nitrogen and oxygen atoms in total. The molecule has 3 rings (SSSR count). The van der Waals surface area contributed by atoms with Crippen molar-refractivity contribution in [2.75, 3.05) is 14.2 Å². The van der Waals surface area contributed by atoms with Gasteiger partial charge in [0, 0.05) is 6.20 Å². The van der Waals surface area contributed by atoms with Crippen LogP contribution in [0, 0.1) is 4.77 Å². The summed E-state index contributed by atoms with van der Waals surface area (Å²) >= 11 is 5.24. The number of aromatic amines is 1. The summed E-state index contributed by atoms with van der Waals surface area (Å²) in [4.78, 5) is 4.27. The van der Waals surface area contributed by atoms with Crippen LogP contribution >= 0.6 is 12.2 Å². The molecule has 1 N–H and O–H groups in total. The molecule has 0 fully saturated rings. The fourth-order valence-electron chi connectivity index (χ4n) is 2.12. The second-order valence-electron chi connectivity index (χ2n) is 4.74.